The summed E-state index contributed by atoms with van der Waals surface area (Å²) < 4.78 is 0. The van der Waals surface area contributed by atoms with Crippen LogP contribution in [0.4, 0.5) is 0 Å². The third-order valence-corrected chi connectivity index (χ3v) is 3.76. The number of fused-ring (bicyclic) bond motifs is 1. The molecule has 0 aliphatic rings. The molecule has 0 bridgehead atoms. The number of carbonyl (C=O) groups is 1. The number of hydrogen-bond donors (Lipinski definition) is 1. The molecule has 1 heterocycles. The molecule has 0 radical (unpaired) electrons. The van der Waals surface area contributed by atoms with E-state index >= 15 is 0 Å². The molecule has 0 atom stereocenters. The number of carbonyl (C=O) groups excluding carboxylic acids is 1. The predicted molar refractivity (Wildman–Crippen MR) is 86.6 cm³/mol. The molecule has 3 aromatic rings. The van der Waals surface area contributed by atoms with Gasteiger partial charge in [0.1, 0.15) is 0 Å². The summed E-state index contributed by atoms with van der Waals surface area (Å²) in [5, 5.41) is 2.94. The zero-order chi connectivity index (χ0) is 15.5. The van der Waals surface area contributed by atoms with E-state index < -0.39 is 0 Å². The summed E-state index contributed by atoms with van der Waals surface area (Å²) in [6.07, 6.45) is 3.34. The van der Waals surface area contributed by atoms with Crippen LogP contribution in [0.5, 0.6) is 0 Å². The molecule has 0 fully saturated rings. The average molecular weight is 291 g/mol. The number of aryl methyl sites for hydroxylation is 2. The molecule has 2 aromatic carbocycles. The third kappa shape index (κ3) is 2.96. The van der Waals surface area contributed by atoms with E-state index in [0.29, 0.717) is 12.1 Å². The molecule has 110 valence electrons. The minimum absolute atomic E-state index is 0.0673. The van der Waals surface area contributed by atoms with Gasteiger partial charge in [-0.25, -0.2) is 0 Å². The van der Waals surface area contributed by atoms with Gasteiger partial charge in [0.05, 0.1) is 11.0 Å². The first-order valence-corrected chi connectivity index (χ1v) is 7.18. The summed E-state index contributed by atoms with van der Waals surface area (Å²) in [7, 11) is 0. The Kier molecular flexibility index (Phi) is 3.83. The molecule has 0 unspecified atom stereocenters. The van der Waals surface area contributed by atoms with Gasteiger partial charge in [-0.1, -0.05) is 12.1 Å². The van der Waals surface area contributed by atoms with Gasteiger partial charge in [0.2, 0.25) is 0 Å². The minimum Gasteiger partial charge on any atom is -0.348 e. The Morgan fingerprint density at radius 2 is 1.73 bits per heavy atom. The molecular formula is C18H17N3O. The molecule has 1 aromatic heterocycles. The first-order valence-electron chi connectivity index (χ1n) is 7.18. The Balaban J connectivity index is 1.72. The van der Waals surface area contributed by atoms with Gasteiger partial charge in [-0.15, -0.1) is 0 Å². The largest absolute Gasteiger partial charge is 0.348 e. The molecule has 0 aliphatic heterocycles. The Morgan fingerprint density at radius 1 is 0.955 bits per heavy atom. The maximum absolute atomic E-state index is 12.2. The van der Waals surface area contributed by atoms with E-state index in [1.807, 2.05) is 50.2 Å². The van der Waals surface area contributed by atoms with Crippen molar-refractivity contribution in [3.8, 4) is 0 Å². The molecule has 0 aliphatic carbocycles. The number of aromatic nitrogens is 2. The Hall–Kier alpha value is -2.75. The van der Waals surface area contributed by atoms with E-state index in [9.17, 15) is 4.79 Å². The normalized spacial score (nSPS) is 10.6. The van der Waals surface area contributed by atoms with Gasteiger partial charge < -0.3 is 5.32 Å². The zero-order valence-corrected chi connectivity index (χ0v) is 12.6. The maximum atomic E-state index is 12.2. The SMILES string of the molecule is Cc1ccc(C(=O)NCc2ccc3nccnc3c2)cc1C. The fraction of sp³-hybridized carbons (Fsp3) is 0.167. The molecule has 3 rings (SSSR count). The summed E-state index contributed by atoms with van der Waals surface area (Å²) in [5.41, 5.74) is 5.68. The highest BCUT2D eigenvalue weighted by Crippen LogP contribution is 2.12. The summed E-state index contributed by atoms with van der Waals surface area (Å²) in [6, 6.07) is 11.6. The average Bonchev–Trinajstić information content (AvgIpc) is 2.55. The highest BCUT2D eigenvalue weighted by Gasteiger charge is 2.07. The van der Waals surface area contributed by atoms with Crippen LogP contribution in [0.2, 0.25) is 0 Å². The number of nitrogens with zero attached hydrogens (tertiary/aromatic N) is 2. The van der Waals surface area contributed by atoms with E-state index in [1.54, 1.807) is 12.4 Å². The molecule has 0 saturated carbocycles. The van der Waals surface area contributed by atoms with Crippen molar-refractivity contribution in [1.29, 1.82) is 0 Å². The number of nitrogens with one attached hydrogen (secondary N) is 1. The molecule has 1 N–H and O–H groups in total. The summed E-state index contributed by atoms with van der Waals surface area (Å²) in [4.78, 5) is 20.7. The van der Waals surface area contributed by atoms with Gasteiger partial charge in [0.15, 0.2) is 0 Å². The number of hydrogen-bond acceptors (Lipinski definition) is 3. The standard InChI is InChI=1S/C18H17N3O/c1-12-3-5-15(9-13(12)2)18(22)21-11-14-4-6-16-17(10-14)20-8-7-19-16/h3-10H,11H2,1-2H3,(H,21,22). The van der Waals surface area contributed by atoms with Crippen LogP contribution in [-0.2, 0) is 6.54 Å². The van der Waals surface area contributed by atoms with Crippen LogP contribution in [-0.4, -0.2) is 15.9 Å². The van der Waals surface area contributed by atoms with Gasteiger partial charge in [0.25, 0.3) is 5.91 Å². The van der Waals surface area contributed by atoms with Crippen molar-refractivity contribution in [2.24, 2.45) is 0 Å². The number of amides is 1. The summed E-state index contributed by atoms with van der Waals surface area (Å²) >= 11 is 0. The Labute approximate surface area is 129 Å². The summed E-state index contributed by atoms with van der Waals surface area (Å²) in [5.74, 6) is -0.0673. The smallest absolute Gasteiger partial charge is 0.251 e. The van der Waals surface area contributed by atoms with Crippen molar-refractivity contribution >= 4 is 16.9 Å². The molecule has 22 heavy (non-hydrogen) atoms. The van der Waals surface area contributed by atoms with Crippen molar-refractivity contribution in [2.45, 2.75) is 20.4 Å². The highest BCUT2D eigenvalue weighted by molar-refractivity contribution is 5.94. The second-order valence-electron chi connectivity index (χ2n) is 5.36. The van der Waals surface area contributed by atoms with Crippen LogP contribution in [0.1, 0.15) is 27.0 Å². The maximum Gasteiger partial charge on any atom is 0.251 e. The Morgan fingerprint density at radius 3 is 2.50 bits per heavy atom. The molecule has 4 heteroatoms. The van der Waals surface area contributed by atoms with Crippen LogP contribution >= 0.6 is 0 Å². The minimum atomic E-state index is -0.0673. The number of rotatable bonds is 3. The van der Waals surface area contributed by atoms with E-state index in [-0.39, 0.29) is 5.91 Å². The summed E-state index contributed by atoms with van der Waals surface area (Å²) in [6.45, 7) is 4.51. The first-order chi connectivity index (χ1) is 10.6. The van der Waals surface area contributed by atoms with E-state index in [2.05, 4.69) is 15.3 Å². The Bertz CT molecular complexity index is 843. The molecule has 0 spiro atoms. The van der Waals surface area contributed by atoms with Crippen LogP contribution in [0.15, 0.2) is 48.8 Å². The predicted octanol–water partition coefficient (Wildman–Crippen LogP) is 3.18. The van der Waals surface area contributed by atoms with Crippen LogP contribution < -0.4 is 5.32 Å². The molecule has 4 nitrogen and oxygen atoms in total. The van der Waals surface area contributed by atoms with Crippen molar-refractivity contribution in [1.82, 2.24) is 15.3 Å². The van der Waals surface area contributed by atoms with Crippen molar-refractivity contribution < 1.29 is 4.79 Å². The lowest BCUT2D eigenvalue weighted by Gasteiger charge is -2.08. The molecule has 1 amide bonds. The van der Waals surface area contributed by atoms with E-state index in [0.717, 1.165) is 22.2 Å². The fourth-order valence-electron chi connectivity index (χ4n) is 2.29. The quantitative estimate of drug-likeness (QED) is 0.806. The lowest BCUT2D eigenvalue weighted by molar-refractivity contribution is 0.0951. The van der Waals surface area contributed by atoms with Crippen molar-refractivity contribution in [3.63, 3.8) is 0 Å². The van der Waals surface area contributed by atoms with Crippen molar-refractivity contribution in [3.05, 3.63) is 71.0 Å². The third-order valence-electron chi connectivity index (χ3n) is 3.76. The topological polar surface area (TPSA) is 54.9 Å². The first kappa shape index (κ1) is 14.2. The lowest BCUT2D eigenvalue weighted by Crippen LogP contribution is -2.22. The lowest BCUT2D eigenvalue weighted by atomic mass is 10.1. The molecule has 0 saturated heterocycles. The fourth-order valence-corrected chi connectivity index (χ4v) is 2.29. The van der Waals surface area contributed by atoms with E-state index in [1.165, 1.54) is 5.56 Å². The van der Waals surface area contributed by atoms with Crippen molar-refractivity contribution in [2.75, 3.05) is 0 Å². The monoisotopic (exact) mass is 291 g/mol. The second kappa shape index (κ2) is 5.93. The van der Waals surface area contributed by atoms with Crippen LogP contribution in [0.3, 0.4) is 0 Å². The highest BCUT2D eigenvalue weighted by atomic mass is 16.1. The van der Waals surface area contributed by atoms with E-state index in [4.69, 9.17) is 0 Å². The van der Waals surface area contributed by atoms with Gasteiger partial charge in [0, 0.05) is 24.5 Å². The van der Waals surface area contributed by atoms with Gasteiger partial charge >= 0.3 is 0 Å². The van der Waals surface area contributed by atoms with Gasteiger partial charge in [-0.2, -0.15) is 0 Å². The number of benzene rings is 2. The van der Waals surface area contributed by atoms with Crippen LogP contribution in [0, 0.1) is 13.8 Å². The second-order valence-corrected chi connectivity index (χ2v) is 5.36. The van der Waals surface area contributed by atoms with Crippen LogP contribution in [0.25, 0.3) is 11.0 Å². The van der Waals surface area contributed by atoms with Gasteiger partial charge in [-0.05, 0) is 54.8 Å². The van der Waals surface area contributed by atoms with Gasteiger partial charge in [-0.3, -0.25) is 14.8 Å². The zero-order valence-electron chi connectivity index (χ0n) is 12.6. The molecular weight excluding hydrogens is 274 g/mol.